The molecule has 0 radical (unpaired) electrons. The van der Waals surface area contributed by atoms with Crippen LogP contribution in [-0.2, 0) is 14.3 Å². The summed E-state index contributed by atoms with van der Waals surface area (Å²) >= 11 is 0. The molecule has 13 heavy (non-hydrogen) atoms. The largest absolute Gasteiger partial charge is 0.480 e. The van der Waals surface area contributed by atoms with Crippen LogP contribution >= 0.6 is 0 Å². The number of aliphatic carboxylic acids is 1. The molecule has 1 heterocycles. The van der Waals surface area contributed by atoms with Crippen LogP contribution in [0.2, 0.25) is 0 Å². The van der Waals surface area contributed by atoms with Gasteiger partial charge in [0.15, 0.2) is 0 Å². The van der Waals surface area contributed by atoms with Gasteiger partial charge in [0.1, 0.15) is 13.2 Å². The highest BCUT2D eigenvalue weighted by Crippen LogP contribution is 2.01. The quantitative estimate of drug-likeness (QED) is 0.592. The lowest BCUT2D eigenvalue weighted by molar-refractivity contribution is -0.142. The average molecular weight is 189 g/mol. The zero-order valence-corrected chi connectivity index (χ0v) is 7.06. The third-order valence-corrected chi connectivity index (χ3v) is 1.58. The number of carbonyl (C=O) groups excluding carboxylic acids is 1. The van der Waals surface area contributed by atoms with Gasteiger partial charge in [0.05, 0.1) is 13.2 Å². The van der Waals surface area contributed by atoms with Gasteiger partial charge >= 0.3 is 12.1 Å². The zero-order valence-electron chi connectivity index (χ0n) is 7.06. The van der Waals surface area contributed by atoms with Gasteiger partial charge in [0.25, 0.3) is 0 Å². The summed E-state index contributed by atoms with van der Waals surface area (Å²) in [5.41, 5.74) is 0. The van der Waals surface area contributed by atoms with Crippen molar-refractivity contribution in [1.82, 2.24) is 4.90 Å². The van der Waals surface area contributed by atoms with Crippen molar-refractivity contribution in [2.75, 3.05) is 32.9 Å². The van der Waals surface area contributed by atoms with Crippen molar-refractivity contribution in [2.24, 2.45) is 0 Å². The number of rotatable bonds is 5. The Morgan fingerprint density at radius 1 is 1.69 bits per heavy atom. The number of hydrogen-bond donors (Lipinski definition) is 1. The van der Waals surface area contributed by atoms with E-state index in [0.29, 0.717) is 19.7 Å². The van der Waals surface area contributed by atoms with E-state index in [1.54, 1.807) is 0 Å². The Balaban J connectivity index is 2.05. The van der Waals surface area contributed by atoms with Gasteiger partial charge in [-0.25, -0.2) is 9.59 Å². The third kappa shape index (κ3) is 3.29. The molecule has 0 saturated carbocycles. The fraction of sp³-hybridized carbons (Fsp3) is 0.714. The van der Waals surface area contributed by atoms with Gasteiger partial charge in [0.2, 0.25) is 0 Å². The summed E-state index contributed by atoms with van der Waals surface area (Å²) in [6, 6.07) is 0. The predicted molar refractivity (Wildman–Crippen MR) is 41.4 cm³/mol. The van der Waals surface area contributed by atoms with E-state index in [1.807, 2.05) is 0 Å². The molecular formula is C7H11NO5. The van der Waals surface area contributed by atoms with E-state index in [9.17, 15) is 9.59 Å². The van der Waals surface area contributed by atoms with Crippen LogP contribution in [0.25, 0.3) is 0 Å². The Kier molecular flexibility index (Phi) is 3.51. The third-order valence-electron chi connectivity index (χ3n) is 1.58. The fourth-order valence-electron chi connectivity index (χ4n) is 0.963. The van der Waals surface area contributed by atoms with Crippen LogP contribution in [0, 0.1) is 0 Å². The molecule has 0 aromatic carbocycles. The summed E-state index contributed by atoms with van der Waals surface area (Å²) in [6.07, 6.45) is -0.362. The highest BCUT2D eigenvalue weighted by atomic mass is 16.6. The second kappa shape index (κ2) is 4.66. The molecule has 1 fully saturated rings. The van der Waals surface area contributed by atoms with Crippen molar-refractivity contribution in [3.05, 3.63) is 0 Å². The number of carboxylic acids is 1. The highest BCUT2D eigenvalue weighted by molar-refractivity contribution is 5.69. The van der Waals surface area contributed by atoms with Crippen molar-refractivity contribution in [2.45, 2.75) is 0 Å². The molecule has 74 valence electrons. The molecule has 1 saturated heterocycles. The number of cyclic esters (lactones) is 1. The van der Waals surface area contributed by atoms with Crippen LogP contribution in [-0.4, -0.2) is 55.0 Å². The maximum Gasteiger partial charge on any atom is 0.410 e. The molecule has 6 heteroatoms. The Bertz CT molecular complexity index is 205. The maximum atomic E-state index is 10.8. The Hall–Kier alpha value is -1.30. The molecule has 1 aliphatic rings. The van der Waals surface area contributed by atoms with E-state index in [-0.39, 0.29) is 19.3 Å². The number of ether oxygens (including phenoxy) is 2. The summed E-state index contributed by atoms with van der Waals surface area (Å²) in [5.74, 6) is -1.01. The predicted octanol–water partition coefficient (Wildman–Crippen LogP) is -0.460. The van der Waals surface area contributed by atoms with Gasteiger partial charge in [-0.2, -0.15) is 0 Å². The highest BCUT2D eigenvalue weighted by Gasteiger charge is 2.20. The number of hydrogen-bond acceptors (Lipinski definition) is 4. The molecule has 0 unspecified atom stereocenters. The van der Waals surface area contributed by atoms with Crippen molar-refractivity contribution < 1.29 is 24.2 Å². The van der Waals surface area contributed by atoms with E-state index in [2.05, 4.69) is 4.74 Å². The van der Waals surface area contributed by atoms with Crippen molar-refractivity contribution in [1.29, 1.82) is 0 Å². The first kappa shape index (κ1) is 9.79. The van der Waals surface area contributed by atoms with Crippen molar-refractivity contribution in [3.8, 4) is 0 Å². The first-order valence-corrected chi connectivity index (χ1v) is 3.91. The van der Waals surface area contributed by atoms with E-state index >= 15 is 0 Å². The minimum absolute atomic E-state index is 0.224. The smallest absolute Gasteiger partial charge is 0.410 e. The lowest BCUT2D eigenvalue weighted by Crippen LogP contribution is -2.28. The minimum Gasteiger partial charge on any atom is -0.480 e. The monoisotopic (exact) mass is 189 g/mol. The Morgan fingerprint density at radius 3 is 3.00 bits per heavy atom. The molecule has 6 nitrogen and oxygen atoms in total. The van der Waals surface area contributed by atoms with Gasteiger partial charge < -0.3 is 19.5 Å². The van der Waals surface area contributed by atoms with Crippen LogP contribution in [0.5, 0.6) is 0 Å². The van der Waals surface area contributed by atoms with Gasteiger partial charge in [0, 0.05) is 6.54 Å². The summed E-state index contributed by atoms with van der Waals surface area (Å²) in [5, 5.41) is 8.23. The molecule has 1 amide bonds. The molecule has 1 N–H and O–H groups in total. The molecule has 0 aromatic rings. The second-order valence-electron chi connectivity index (χ2n) is 2.55. The molecule has 1 rings (SSSR count). The zero-order chi connectivity index (χ0) is 9.68. The number of carboxylic acid groups (broad SMARTS) is 1. The van der Waals surface area contributed by atoms with Gasteiger partial charge in [-0.1, -0.05) is 0 Å². The Labute approximate surface area is 75.0 Å². The topological polar surface area (TPSA) is 76.1 Å². The average Bonchev–Trinajstić information content (AvgIpc) is 2.45. The summed E-state index contributed by atoms with van der Waals surface area (Å²) in [6.45, 7) is 1.23. The van der Waals surface area contributed by atoms with Gasteiger partial charge in [-0.15, -0.1) is 0 Å². The van der Waals surface area contributed by atoms with Crippen molar-refractivity contribution in [3.63, 3.8) is 0 Å². The molecule has 0 spiro atoms. The molecule has 0 atom stereocenters. The lowest BCUT2D eigenvalue weighted by Gasteiger charge is -2.11. The van der Waals surface area contributed by atoms with E-state index in [4.69, 9.17) is 9.84 Å². The van der Waals surface area contributed by atoms with Crippen LogP contribution in [0.4, 0.5) is 4.79 Å². The molecule has 1 aliphatic heterocycles. The van der Waals surface area contributed by atoms with E-state index in [0.717, 1.165) is 0 Å². The summed E-state index contributed by atoms with van der Waals surface area (Å²) in [4.78, 5) is 22.3. The number of amides is 1. The summed E-state index contributed by atoms with van der Waals surface area (Å²) in [7, 11) is 0. The SMILES string of the molecule is O=C(O)COCCN1CCOC1=O. The minimum atomic E-state index is -1.01. The molecule has 0 bridgehead atoms. The second-order valence-corrected chi connectivity index (χ2v) is 2.55. The molecular weight excluding hydrogens is 178 g/mol. The van der Waals surface area contributed by atoms with E-state index in [1.165, 1.54) is 4.90 Å². The standard InChI is InChI=1S/C7H11NO5/c9-6(10)5-12-3-1-8-2-4-13-7(8)11/h1-5H2,(H,9,10). The maximum absolute atomic E-state index is 10.8. The summed E-state index contributed by atoms with van der Waals surface area (Å²) < 4.78 is 9.42. The Morgan fingerprint density at radius 2 is 2.46 bits per heavy atom. The van der Waals surface area contributed by atoms with Crippen molar-refractivity contribution >= 4 is 12.1 Å². The first-order chi connectivity index (χ1) is 6.20. The number of nitrogens with zero attached hydrogens (tertiary/aromatic N) is 1. The van der Waals surface area contributed by atoms with Crippen LogP contribution in [0.3, 0.4) is 0 Å². The molecule has 0 aromatic heterocycles. The normalized spacial score (nSPS) is 16.0. The van der Waals surface area contributed by atoms with E-state index < -0.39 is 5.97 Å². The van der Waals surface area contributed by atoms with Gasteiger partial charge in [-0.05, 0) is 0 Å². The fourth-order valence-corrected chi connectivity index (χ4v) is 0.963. The molecule has 0 aliphatic carbocycles. The van der Waals surface area contributed by atoms with Crippen LogP contribution in [0.1, 0.15) is 0 Å². The van der Waals surface area contributed by atoms with Gasteiger partial charge in [-0.3, -0.25) is 0 Å². The van der Waals surface area contributed by atoms with Crippen LogP contribution in [0.15, 0.2) is 0 Å². The lowest BCUT2D eigenvalue weighted by atomic mass is 10.5. The van der Waals surface area contributed by atoms with Crippen LogP contribution < -0.4 is 0 Å². The number of carbonyl (C=O) groups is 2. The first-order valence-electron chi connectivity index (χ1n) is 3.91.